The van der Waals surface area contributed by atoms with Crippen LogP contribution in [0.25, 0.3) is 0 Å². The average Bonchev–Trinajstić information content (AvgIpc) is 2.86. The van der Waals surface area contributed by atoms with E-state index in [1.54, 1.807) is 31.2 Å². The molecule has 1 atom stereocenters. The molecular formula is C13H19N5O2. The van der Waals surface area contributed by atoms with E-state index in [1.165, 1.54) is 0 Å². The Bertz CT molecular complexity index is 552. The molecule has 0 aromatic carbocycles. The molecule has 2 aromatic rings. The summed E-state index contributed by atoms with van der Waals surface area (Å²) in [5.74, 6) is 1.21. The number of hydrogen-bond acceptors (Lipinski definition) is 6. The second-order valence-electron chi connectivity index (χ2n) is 4.21. The van der Waals surface area contributed by atoms with Crippen molar-refractivity contribution >= 4 is 0 Å². The van der Waals surface area contributed by atoms with E-state index in [4.69, 9.17) is 9.47 Å². The number of aromatic nitrogens is 4. The number of ether oxygens (including phenoxy) is 2. The van der Waals surface area contributed by atoms with Gasteiger partial charge in [0.15, 0.2) is 5.75 Å². The number of aryl methyl sites for hydroxylation is 1. The van der Waals surface area contributed by atoms with Crippen LogP contribution >= 0.6 is 0 Å². The Kier molecular flexibility index (Phi) is 4.52. The number of rotatable bonds is 6. The van der Waals surface area contributed by atoms with E-state index in [0.29, 0.717) is 5.88 Å². The quantitative estimate of drug-likeness (QED) is 0.846. The third kappa shape index (κ3) is 2.72. The largest absolute Gasteiger partial charge is 0.493 e. The highest BCUT2D eigenvalue weighted by atomic mass is 16.5. The molecule has 0 aliphatic carbocycles. The molecule has 1 N–H and O–H groups in total. The molecule has 0 saturated heterocycles. The number of nitrogens with one attached hydrogen (secondary N) is 1. The van der Waals surface area contributed by atoms with Gasteiger partial charge in [0, 0.05) is 13.1 Å². The molecule has 0 spiro atoms. The zero-order valence-electron chi connectivity index (χ0n) is 12.1. The Hall–Kier alpha value is -2.15. The first-order valence-corrected chi connectivity index (χ1v) is 6.38. The highest BCUT2D eigenvalue weighted by Gasteiger charge is 2.23. The van der Waals surface area contributed by atoms with E-state index in [0.717, 1.165) is 23.7 Å². The molecule has 7 nitrogen and oxygen atoms in total. The molecular weight excluding hydrogens is 258 g/mol. The maximum atomic E-state index is 5.36. The van der Waals surface area contributed by atoms with Crippen LogP contribution < -0.4 is 14.8 Å². The van der Waals surface area contributed by atoms with E-state index in [2.05, 4.69) is 20.6 Å². The van der Waals surface area contributed by atoms with Gasteiger partial charge in [-0.05, 0) is 12.6 Å². The molecule has 0 bridgehead atoms. The van der Waals surface area contributed by atoms with Gasteiger partial charge in [-0.3, -0.25) is 4.68 Å². The number of hydrogen-bond donors (Lipinski definition) is 1. The van der Waals surface area contributed by atoms with Crippen molar-refractivity contribution in [2.45, 2.75) is 13.0 Å². The van der Waals surface area contributed by atoms with Crippen molar-refractivity contribution in [2.75, 3.05) is 20.8 Å². The van der Waals surface area contributed by atoms with E-state index >= 15 is 0 Å². The minimum Gasteiger partial charge on any atom is -0.493 e. The molecule has 0 amide bonds. The predicted octanol–water partition coefficient (Wildman–Crippen LogP) is 0.926. The van der Waals surface area contributed by atoms with Gasteiger partial charge in [0.05, 0.1) is 32.2 Å². The molecule has 2 aromatic heterocycles. The van der Waals surface area contributed by atoms with Crippen molar-refractivity contribution in [3.05, 3.63) is 29.7 Å². The molecule has 0 aliphatic heterocycles. The number of nitrogens with zero attached hydrogens (tertiary/aromatic N) is 4. The van der Waals surface area contributed by atoms with E-state index in [9.17, 15) is 0 Å². The molecule has 2 rings (SSSR count). The standard InChI is InChI=1S/C13H19N5O2/c1-5-14-12(9-6-7-11(20-4)17-16-9)13-10(19-3)8-15-18(13)2/h6-8,12,14H,5H2,1-4H3. The van der Waals surface area contributed by atoms with Crippen molar-refractivity contribution in [2.24, 2.45) is 7.05 Å². The summed E-state index contributed by atoms with van der Waals surface area (Å²) in [6, 6.07) is 3.53. The second kappa shape index (κ2) is 6.33. The van der Waals surface area contributed by atoms with E-state index < -0.39 is 0 Å². The molecule has 108 valence electrons. The normalized spacial score (nSPS) is 12.2. The molecule has 1 unspecified atom stereocenters. The summed E-state index contributed by atoms with van der Waals surface area (Å²) in [6.45, 7) is 2.82. The van der Waals surface area contributed by atoms with Crippen molar-refractivity contribution < 1.29 is 9.47 Å². The monoisotopic (exact) mass is 277 g/mol. The lowest BCUT2D eigenvalue weighted by molar-refractivity contribution is 0.387. The Morgan fingerprint density at radius 1 is 1.25 bits per heavy atom. The van der Waals surface area contributed by atoms with E-state index in [1.807, 2.05) is 20.0 Å². The topological polar surface area (TPSA) is 74.1 Å². The lowest BCUT2D eigenvalue weighted by atomic mass is 10.1. The van der Waals surface area contributed by atoms with Gasteiger partial charge < -0.3 is 14.8 Å². The van der Waals surface area contributed by atoms with Crippen LogP contribution in [0.4, 0.5) is 0 Å². The molecule has 0 radical (unpaired) electrons. The van der Waals surface area contributed by atoms with Gasteiger partial charge >= 0.3 is 0 Å². The fourth-order valence-electron chi connectivity index (χ4n) is 2.05. The van der Waals surface area contributed by atoms with Crippen LogP contribution in [-0.4, -0.2) is 40.7 Å². The Morgan fingerprint density at radius 3 is 2.60 bits per heavy atom. The van der Waals surface area contributed by atoms with E-state index in [-0.39, 0.29) is 6.04 Å². The minimum absolute atomic E-state index is 0.138. The molecule has 0 aliphatic rings. The van der Waals surface area contributed by atoms with Crippen molar-refractivity contribution in [1.29, 1.82) is 0 Å². The summed E-state index contributed by atoms with van der Waals surface area (Å²) < 4.78 is 12.2. The summed E-state index contributed by atoms with van der Waals surface area (Å²) in [6.07, 6.45) is 1.69. The third-order valence-corrected chi connectivity index (χ3v) is 3.02. The first kappa shape index (κ1) is 14.3. The lowest BCUT2D eigenvalue weighted by Crippen LogP contribution is -2.26. The summed E-state index contributed by atoms with van der Waals surface area (Å²) >= 11 is 0. The van der Waals surface area contributed by atoms with Crippen molar-refractivity contribution in [3.63, 3.8) is 0 Å². The number of methoxy groups -OCH3 is 2. The van der Waals surface area contributed by atoms with Gasteiger partial charge in [-0.1, -0.05) is 6.92 Å². The average molecular weight is 277 g/mol. The Balaban J connectivity index is 2.41. The molecule has 0 fully saturated rings. The summed E-state index contributed by atoms with van der Waals surface area (Å²) in [7, 11) is 5.07. The van der Waals surface area contributed by atoms with Gasteiger partial charge in [-0.25, -0.2) is 0 Å². The van der Waals surface area contributed by atoms with Gasteiger partial charge in [-0.2, -0.15) is 5.10 Å². The molecule has 2 heterocycles. The van der Waals surface area contributed by atoms with Crippen LogP contribution in [0.3, 0.4) is 0 Å². The highest BCUT2D eigenvalue weighted by Crippen LogP contribution is 2.28. The van der Waals surface area contributed by atoms with Gasteiger partial charge in [0.25, 0.3) is 0 Å². The third-order valence-electron chi connectivity index (χ3n) is 3.02. The van der Waals surface area contributed by atoms with Crippen LogP contribution in [-0.2, 0) is 7.05 Å². The zero-order chi connectivity index (χ0) is 14.5. The second-order valence-corrected chi connectivity index (χ2v) is 4.21. The lowest BCUT2D eigenvalue weighted by Gasteiger charge is -2.18. The Labute approximate surface area is 117 Å². The van der Waals surface area contributed by atoms with Crippen LogP contribution in [0, 0.1) is 0 Å². The van der Waals surface area contributed by atoms with Crippen LogP contribution in [0.1, 0.15) is 24.4 Å². The Morgan fingerprint density at radius 2 is 2.05 bits per heavy atom. The van der Waals surface area contributed by atoms with Gasteiger partial charge in [0.1, 0.15) is 5.69 Å². The summed E-state index contributed by atoms with van der Waals surface area (Å²) in [5, 5.41) is 15.8. The molecule has 20 heavy (non-hydrogen) atoms. The maximum absolute atomic E-state index is 5.36. The fraction of sp³-hybridized carbons (Fsp3) is 0.462. The maximum Gasteiger partial charge on any atom is 0.233 e. The van der Waals surface area contributed by atoms with Crippen molar-refractivity contribution in [1.82, 2.24) is 25.3 Å². The highest BCUT2D eigenvalue weighted by molar-refractivity contribution is 5.34. The van der Waals surface area contributed by atoms with Crippen LogP contribution in [0.15, 0.2) is 18.3 Å². The first-order valence-electron chi connectivity index (χ1n) is 6.38. The SMILES string of the molecule is CCNC(c1ccc(OC)nn1)c1c(OC)cnn1C. The van der Waals surface area contributed by atoms with Crippen LogP contribution in [0.2, 0.25) is 0 Å². The van der Waals surface area contributed by atoms with Gasteiger partial charge in [0.2, 0.25) is 5.88 Å². The smallest absolute Gasteiger partial charge is 0.233 e. The van der Waals surface area contributed by atoms with Crippen molar-refractivity contribution in [3.8, 4) is 11.6 Å². The molecule has 0 saturated carbocycles. The molecule has 7 heteroatoms. The van der Waals surface area contributed by atoms with Gasteiger partial charge in [-0.15, -0.1) is 10.2 Å². The summed E-state index contributed by atoms with van der Waals surface area (Å²) in [4.78, 5) is 0. The zero-order valence-corrected chi connectivity index (χ0v) is 12.1. The summed E-state index contributed by atoms with van der Waals surface area (Å²) in [5.41, 5.74) is 1.70. The predicted molar refractivity (Wildman–Crippen MR) is 73.9 cm³/mol. The fourth-order valence-corrected chi connectivity index (χ4v) is 2.05. The van der Waals surface area contributed by atoms with Crippen LogP contribution in [0.5, 0.6) is 11.6 Å². The first-order chi connectivity index (χ1) is 9.71. The minimum atomic E-state index is -0.138.